The lowest BCUT2D eigenvalue weighted by Crippen LogP contribution is -2.57. The number of hydrogen-bond donors (Lipinski definition) is 0. The van der Waals surface area contributed by atoms with Gasteiger partial charge in [0.25, 0.3) is 5.91 Å². The van der Waals surface area contributed by atoms with E-state index in [0.29, 0.717) is 32.3 Å². The maximum absolute atomic E-state index is 13.7. The normalized spacial score (nSPS) is 16.6. The van der Waals surface area contributed by atoms with Gasteiger partial charge in [-0.05, 0) is 44.5 Å². The van der Waals surface area contributed by atoms with Gasteiger partial charge in [-0.15, -0.1) is 0 Å². The summed E-state index contributed by atoms with van der Waals surface area (Å²) >= 11 is 0. The highest BCUT2D eigenvalue weighted by Crippen LogP contribution is 2.35. The maximum Gasteiger partial charge on any atom is 0.318 e. The van der Waals surface area contributed by atoms with Crippen molar-refractivity contribution in [3.63, 3.8) is 0 Å². The van der Waals surface area contributed by atoms with Crippen LogP contribution in [0.2, 0.25) is 0 Å². The number of anilines is 2. The van der Waals surface area contributed by atoms with Crippen molar-refractivity contribution in [2.45, 2.75) is 25.9 Å². The number of carbonyl (C=O) groups is 1. The number of hydrogen-bond acceptors (Lipinski definition) is 7. The fraction of sp³-hybridized carbons (Fsp3) is 0.419. The van der Waals surface area contributed by atoms with Gasteiger partial charge in [-0.3, -0.25) is 4.79 Å². The van der Waals surface area contributed by atoms with Gasteiger partial charge in [0.15, 0.2) is 5.83 Å². The van der Waals surface area contributed by atoms with Gasteiger partial charge >= 0.3 is 6.01 Å². The fourth-order valence-electron chi connectivity index (χ4n) is 5.74. The maximum atomic E-state index is 13.7. The molecule has 5 rings (SSSR count). The number of carbonyl (C=O) groups excluding carboxylic acids is 1. The van der Waals surface area contributed by atoms with Crippen molar-refractivity contribution in [2.75, 3.05) is 69.8 Å². The van der Waals surface area contributed by atoms with E-state index in [1.807, 2.05) is 19.0 Å². The molecule has 0 aliphatic carbocycles. The van der Waals surface area contributed by atoms with E-state index < -0.39 is 17.8 Å². The van der Waals surface area contributed by atoms with Crippen molar-refractivity contribution in [2.24, 2.45) is 0 Å². The Hall–Kier alpha value is -3.88. The zero-order valence-corrected chi connectivity index (χ0v) is 25.4. The molecule has 0 saturated carbocycles. The zero-order valence-electron chi connectivity index (χ0n) is 24.4. The molecule has 0 N–H and O–H groups in total. The van der Waals surface area contributed by atoms with Crippen LogP contribution in [0.5, 0.6) is 6.01 Å². The third-order valence-corrected chi connectivity index (χ3v) is 7.80. The summed E-state index contributed by atoms with van der Waals surface area (Å²) in [6, 6.07) is 12.6. The van der Waals surface area contributed by atoms with E-state index >= 15 is 0 Å². The van der Waals surface area contributed by atoms with Crippen LogP contribution in [0.4, 0.5) is 15.9 Å². The molecule has 0 spiro atoms. The first-order chi connectivity index (χ1) is 19.8. The summed E-state index contributed by atoms with van der Waals surface area (Å²) in [5.41, 5.74) is 4.37. The van der Waals surface area contributed by atoms with Gasteiger partial charge in [0.05, 0.1) is 12.2 Å². The summed E-state index contributed by atoms with van der Waals surface area (Å²) in [6.45, 7) is 16.5. The van der Waals surface area contributed by atoms with E-state index in [1.54, 1.807) is 0 Å². The number of ether oxygens (including phenoxy) is 1. The Bertz CT molecular complexity index is 1500. The quantitative estimate of drug-likeness (QED) is 0.290. The number of nitrogens with zero attached hydrogens (tertiary/aromatic N) is 7. The first kappa shape index (κ1) is 31.1. The molecule has 11 heteroatoms. The van der Waals surface area contributed by atoms with Crippen LogP contribution in [0, 0.1) is 13.5 Å². The van der Waals surface area contributed by atoms with Crippen LogP contribution in [0.15, 0.2) is 48.8 Å². The van der Waals surface area contributed by atoms with E-state index in [4.69, 9.17) is 21.3 Å². The van der Waals surface area contributed by atoms with Gasteiger partial charge in [0.2, 0.25) is 6.54 Å². The largest absolute Gasteiger partial charge is 0.462 e. The lowest BCUT2D eigenvalue weighted by atomic mass is 9.99. The summed E-state index contributed by atoms with van der Waals surface area (Å²) in [5, 5.41) is 2.45. The van der Waals surface area contributed by atoms with Crippen LogP contribution >= 0.6 is 13.5 Å². The molecule has 1 saturated heterocycles. The molecule has 42 heavy (non-hydrogen) atoms. The zero-order chi connectivity index (χ0) is 29.1. The van der Waals surface area contributed by atoms with E-state index in [1.165, 1.54) is 26.9 Å². The molecule has 2 aromatic carbocycles. The molecule has 3 aromatic rings. The van der Waals surface area contributed by atoms with Gasteiger partial charge in [0.1, 0.15) is 18.5 Å². The second kappa shape index (κ2) is 13.4. The summed E-state index contributed by atoms with van der Waals surface area (Å²) in [4.78, 5) is 33.6. The smallest absolute Gasteiger partial charge is 0.318 e. The highest BCUT2D eigenvalue weighted by atomic mass is 32.1. The SMILES string of the molecule is S.[C-]#[N+]C[C@H]1CN(c2nc(OCCN(C)C)nc3c2CCN(c2cccc4cccc(C)c24)C3)CCN1C(=O)C(=C)F. The molecule has 3 heterocycles. The minimum Gasteiger partial charge on any atom is -0.462 e. The highest BCUT2D eigenvalue weighted by Gasteiger charge is 2.36. The Morgan fingerprint density at radius 3 is 2.64 bits per heavy atom. The number of rotatable bonds is 8. The number of halogens is 1. The van der Waals surface area contributed by atoms with Gasteiger partial charge in [0, 0.05) is 49.4 Å². The molecular formula is C31H38FN7O2S. The summed E-state index contributed by atoms with van der Waals surface area (Å²) < 4.78 is 19.8. The molecule has 2 aliphatic heterocycles. The Labute approximate surface area is 253 Å². The molecule has 0 bridgehead atoms. The van der Waals surface area contributed by atoms with Gasteiger partial charge < -0.3 is 29.2 Å². The molecule has 9 nitrogen and oxygen atoms in total. The Kier molecular flexibility index (Phi) is 9.91. The number of aromatic nitrogens is 2. The molecule has 0 unspecified atom stereocenters. The Morgan fingerprint density at radius 1 is 1.17 bits per heavy atom. The number of piperazine rings is 1. The summed E-state index contributed by atoms with van der Waals surface area (Å²) in [7, 11) is 3.97. The average Bonchev–Trinajstić information content (AvgIpc) is 2.96. The number of likely N-dealkylation sites (N-methyl/N-ethyl adjacent to an activating group) is 1. The van der Waals surface area contributed by atoms with Crippen LogP contribution in [-0.2, 0) is 17.8 Å². The third-order valence-electron chi connectivity index (χ3n) is 7.80. The Morgan fingerprint density at radius 2 is 1.93 bits per heavy atom. The lowest BCUT2D eigenvalue weighted by molar-refractivity contribution is -0.131. The van der Waals surface area contributed by atoms with Crippen molar-refractivity contribution in [3.05, 3.63) is 77.0 Å². The number of benzene rings is 2. The van der Waals surface area contributed by atoms with Crippen molar-refractivity contribution in [3.8, 4) is 6.01 Å². The van der Waals surface area contributed by atoms with Crippen molar-refractivity contribution >= 4 is 41.7 Å². The Balaban J connectivity index is 0.00000405. The van der Waals surface area contributed by atoms with Gasteiger partial charge in [-0.1, -0.05) is 36.9 Å². The minimum absolute atomic E-state index is 0. The predicted molar refractivity (Wildman–Crippen MR) is 169 cm³/mol. The van der Waals surface area contributed by atoms with E-state index in [2.05, 4.69) is 64.5 Å². The molecule has 1 fully saturated rings. The van der Waals surface area contributed by atoms with Crippen molar-refractivity contribution in [1.29, 1.82) is 0 Å². The van der Waals surface area contributed by atoms with Crippen molar-refractivity contribution in [1.82, 2.24) is 19.8 Å². The number of aryl methyl sites for hydroxylation is 1. The monoisotopic (exact) mass is 591 g/mol. The second-order valence-corrected chi connectivity index (χ2v) is 10.9. The van der Waals surface area contributed by atoms with E-state index in [0.717, 1.165) is 36.6 Å². The standard InChI is InChI=1S/C31H36FN7O2.H2S/c1-21-8-6-9-23-10-7-11-27(28(21)23)37-13-12-25-26(20-37)34-31(41-17-16-36(4)5)35-29(25)38-14-15-39(30(40)22(2)32)24(19-38)18-33-3;/h6-11,24H,2,12-20H2,1,4-5H3;1H2/t24-;/m0./s1. The van der Waals surface area contributed by atoms with Gasteiger partial charge in [-0.2, -0.15) is 23.5 Å². The van der Waals surface area contributed by atoms with Crippen LogP contribution in [0.1, 0.15) is 16.8 Å². The topological polar surface area (TPSA) is 69.4 Å². The van der Waals surface area contributed by atoms with Crippen LogP contribution < -0.4 is 14.5 Å². The molecule has 1 atom stereocenters. The molecule has 222 valence electrons. The van der Waals surface area contributed by atoms with Crippen LogP contribution in [0.25, 0.3) is 15.6 Å². The number of fused-ring (bicyclic) bond motifs is 2. The summed E-state index contributed by atoms with van der Waals surface area (Å²) in [5.74, 6) is -0.991. The predicted octanol–water partition coefficient (Wildman–Crippen LogP) is 3.97. The summed E-state index contributed by atoms with van der Waals surface area (Å²) in [6.07, 6.45) is 0.735. The van der Waals surface area contributed by atoms with Crippen molar-refractivity contribution < 1.29 is 13.9 Å². The molecule has 0 radical (unpaired) electrons. The fourth-order valence-corrected chi connectivity index (χ4v) is 5.74. The first-order valence-corrected chi connectivity index (χ1v) is 13.9. The van der Waals surface area contributed by atoms with Crippen LogP contribution in [0.3, 0.4) is 0 Å². The van der Waals surface area contributed by atoms with Gasteiger partial charge in [-0.25, -0.2) is 11.0 Å². The molecular weight excluding hydrogens is 553 g/mol. The highest BCUT2D eigenvalue weighted by molar-refractivity contribution is 7.59. The molecule has 2 aliphatic rings. The lowest BCUT2D eigenvalue weighted by Gasteiger charge is -2.41. The second-order valence-electron chi connectivity index (χ2n) is 10.9. The first-order valence-electron chi connectivity index (χ1n) is 13.9. The average molecular weight is 592 g/mol. The minimum atomic E-state index is -1.01. The third kappa shape index (κ3) is 6.45. The van der Waals surface area contributed by atoms with Crippen LogP contribution in [-0.4, -0.2) is 91.7 Å². The molecule has 1 amide bonds. The number of amides is 1. The van der Waals surface area contributed by atoms with E-state index in [9.17, 15) is 9.18 Å². The van der Waals surface area contributed by atoms with E-state index in [-0.39, 0.29) is 26.6 Å². The molecule has 1 aromatic heterocycles.